The van der Waals surface area contributed by atoms with Crippen molar-refractivity contribution >= 4 is 31.9 Å². The highest BCUT2D eigenvalue weighted by Crippen LogP contribution is 2.26. The minimum Gasteiger partial charge on any atom is -0.351 e. The standard InChI is InChI=1S/C7H7Br2N3/c8-4-3-6(12-7(4)9)5(11)1-2-10/h3,5,12H,1,11H2/t5-/m1/s1. The van der Waals surface area contributed by atoms with Gasteiger partial charge in [0.15, 0.2) is 0 Å². The number of H-pyrrole nitrogens is 1. The Hall–Kier alpha value is -0.310. The van der Waals surface area contributed by atoms with E-state index in [0.717, 1.165) is 14.8 Å². The fourth-order valence-corrected chi connectivity index (χ4v) is 1.52. The lowest BCUT2D eigenvalue weighted by atomic mass is 10.2. The molecule has 64 valence electrons. The molecule has 1 aromatic heterocycles. The van der Waals surface area contributed by atoms with Crippen LogP contribution in [0.25, 0.3) is 0 Å². The molecule has 12 heavy (non-hydrogen) atoms. The number of aromatic amines is 1. The summed E-state index contributed by atoms with van der Waals surface area (Å²) in [6.45, 7) is 0. The monoisotopic (exact) mass is 291 g/mol. The van der Waals surface area contributed by atoms with Gasteiger partial charge in [0.25, 0.3) is 0 Å². The summed E-state index contributed by atoms with van der Waals surface area (Å²) in [5, 5.41) is 8.41. The van der Waals surface area contributed by atoms with E-state index in [1.807, 2.05) is 12.1 Å². The van der Waals surface area contributed by atoms with Gasteiger partial charge in [0, 0.05) is 10.2 Å². The summed E-state index contributed by atoms with van der Waals surface area (Å²) >= 11 is 6.61. The van der Waals surface area contributed by atoms with Gasteiger partial charge in [-0.1, -0.05) is 0 Å². The van der Waals surface area contributed by atoms with Gasteiger partial charge in [-0.05, 0) is 37.9 Å². The molecule has 0 bridgehead atoms. The van der Waals surface area contributed by atoms with Gasteiger partial charge in [-0.2, -0.15) is 5.26 Å². The van der Waals surface area contributed by atoms with E-state index in [0.29, 0.717) is 6.42 Å². The zero-order valence-electron chi connectivity index (χ0n) is 6.14. The van der Waals surface area contributed by atoms with E-state index in [-0.39, 0.29) is 6.04 Å². The van der Waals surface area contributed by atoms with Crippen molar-refractivity contribution in [3.63, 3.8) is 0 Å². The number of hydrogen-bond acceptors (Lipinski definition) is 2. The Labute approximate surface area is 87.2 Å². The summed E-state index contributed by atoms with van der Waals surface area (Å²) in [5.74, 6) is 0. The van der Waals surface area contributed by atoms with Crippen molar-refractivity contribution < 1.29 is 0 Å². The molecule has 0 saturated heterocycles. The Morgan fingerprint density at radius 1 is 1.67 bits per heavy atom. The number of hydrogen-bond donors (Lipinski definition) is 2. The van der Waals surface area contributed by atoms with E-state index in [1.54, 1.807) is 0 Å². The zero-order valence-corrected chi connectivity index (χ0v) is 9.31. The fraction of sp³-hybridized carbons (Fsp3) is 0.286. The van der Waals surface area contributed by atoms with E-state index >= 15 is 0 Å². The number of halogens is 2. The second-order valence-corrected chi connectivity index (χ2v) is 4.00. The topological polar surface area (TPSA) is 65.6 Å². The number of nitrogens with two attached hydrogens (primary N) is 1. The number of aromatic nitrogens is 1. The predicted molar refractivity (Wildman–Crippen MR) is 53.4 cm³/mol. The lowest BCUT2D eigenvalue weighted by Crippen LogP contribution is -2.09. The van der Waals surface area contributed by atoms with Crippen LogP contribution in [0.1, 0.15) is 18.2 Å². The third kappa shape index (κ3) is 2.09. The third-order valence-electron chi connectivity index (χ3n) is 1.46. The van der Waals surface area contributed by atoms with Crippen LogP contribution < -0.4 is 5.73 Å². The quantitative estimate of drug-likeness (QED) is 0.879. The smallest absolute Gasteiger partial charge is 0.0966 e. The Balaban J connectivity index is 2.83. The summed E-state index contributed by atoms with van der Waals surface area (Å²) in [5.41, 5.74) is 6.55. The van der Waals surface area contributed by atoms with Gasteiger partial charge in [0.05, 0.1) is 23.1 Å². The Bertz CT molecular complexity index is 293. The third-order valence-corrected chi connectivity index (χ3v) is 3.24. The molecular formula is C7H7Br2N3. The van der Waals surface area contributed by atoms with Crippen molar-refractivity contribution in [2.75, 3.05) is 0 Å². The van der Waals surface area contributed by atoms with Crippen LogP contribution in [0.15, 0.2) is 15.1 Å². The van der Waals surface area contributed by atoms with Crippen molar-refractivity contribution in [1.29, 1.82) is 5.26 Å². The number of nitriles is 1. The summed E-state index contributed by atoms with van der Waals surface area (Å²) in [4.78, 5) is 3.02. The molecule has 0 aliphatic carbocycles. The van der Waals surface area contributed by atoms with Crippen LogP contribution in [0.2, 0.25) is 0 Å². The SMILES string of the molecule is N#CC[C@@H](N)c1cc(Br)c(Br)[nH]1. The van der Waals surface area contributed by atoms with E-state index in [2.05, 4.69) is 36.8 Å². The predicted octanol–water partition coefficient (Wildman–Crippen LogP) is 2.45. The molecule has 0 aliphatic rings. The molecule has 3 N–H and O–H groups in total. The highest BCUT2D eigenvalue weighted by atomic mass is 79.9. The van der Waals surface area contributed by atoms with Crippen molar-refractivity contribution in [2.45, 2.75) is 12.5 Å². The molecule has 0 amide bonds. The first kappa shape index (κ1) is 9.78. The molecule has 1 atom stereocenters. The summed E-state index contributed by atoms with van der Waals surface area (Å²) < 4.78 is 1.77. The molecule has 1 aromatic rings. The first-order valence-corrected chi connectivity index (χ1v) is 4.90. The molecule has 0 aromatic carbocycles. The van der Waals surface area contributed by atoms with Crippen molar-refractivity contribution in [3.05, 3.63) is 20.8 Å². The van der Waals surface area contributed by atoms with Crippen LogP contribution in [-0.4, -0.2) is 4.98 Å². The van der Waals surface area contributed by atoms with Gasteiger partial charge in [-0.3, -0.25) is 0 Å². The Morgan fingerprint density at radius 2 is 2.33 bits per heavy atom. The van der Waals surface area contributed by atoms with Crippen LogP contribution in [-0.2, 0) is 0 Å². The zero-order chi connectivity index (χ0) is 9.14. The molecule has 0 spiro atoms. The van der Waals surface area contributed by atoms with Crippen LogP contribution in [0, 0.1) is 11.3 Å². The Kier molecular flexibility index (Phi) is 3.32. The lowest BCUT2D eigenvalue weighted by molar-refractivity contribution is 0.725. The average molecular weight is 293 g/mol. The average Bonchev–Trinajstić information content (AvgIpc) is 2.33. The van der Waals surface area contributed by atoms with Gasteiger partial charge in [-0.15, -0.1) is 0 Å². The van der Waals surface area contributed by atoms with E-state index in [9.17, 15) is 0 Å². The highest BCUT2D eigenvalue weighted by molar-refractivity contribution is 9.13. The molecule has 0 unspecified atom stereocenters. The summed E-state index contributed by atoms with van der Waals surface area (Å²) in [7, 11) is 0. The van der Waals surface area contributed by atoms with Crippen LogP contribution >= 0.6 is 31.9 Å². The molecule has 5 heteroatoms. The largest absolute Gasteiger partial charge is 0.351 e. The number of nitrogens with one attached hydrogen (secondary N) is 1. The highest BCUT2D eigenvalue weighted by Gasteiger charge is 2.09. The maximum atomic E-state index is 8.41. The van der Waals surface area contributed by atoms with Gasteiger partial charge < -0.3 is 10.7 Å². The second kappa shape index (κ2) is 4.08. The molecule has 0 aliphatic heterocycles. The van der Waals surface area contributed by atoms with Gasteiger partial charge in [0.1, 0.15) is 0 Å². The second-order valence-electron chi connectivity index (χ2n) is 2.36. The number of nitrogens with zero attached hydrogens (tertiary/aromatic N) is 1. The molecule has 0 saturated carbocycles. The molecular weight excluding hydrogens is 286 g/mol. The molecule has 3 nitrogen and oxygen atoms in total. The fourth-order valence-electron chi connectivity index (χ4n) is 0.830. The molecule has 0 fully saturated rings. The van der Waals surface area contributed by atoms with Gasteiger partial charge in [0.2, 0.25) is 0 Å². The Morgan fingerprint density at radius 3 is 2.75 bits per heavy atom. The number of rotatable bonds is 2. The summed E-state index contributed by atoms with van der Waals surface area (Å²) in [6.07, 6.45) is 0.319. The van der Waals surface area contributed by atoms with Crippen molar-refractivity contribution in [3.8, 4) is 6.07 Å². The molecule has 1 rings (SSSR count). The van der Waals surface area contributed by atoms with Crippen molar-refractivity contribution in [2.24, 2.45) is 5.73 Å². The minimum absolute atomic E-state index is 0.238. The van der Waals surface area contributed by atoms with Crippen LogP contribution in [0.3, 0.4) is 0 Å². The van der Waals surface area contributed by atoms with Gasteiger partial charge in [-0.25, -0.2) is 0 Å². The van der Waals surface area contributed by atoms with E-state index < -0.39 is 0 Å². The van der Waals surface area contributed by atoms with Crippen LogP contribution in [0.5, 0.6) is 0 Å². The van der Waals surface area contributed by atoms with Crippen LogP contribution in [0.4, 0.5) is 0 Å². The lowest BCUT2D eigenvalue weighted by Gasteiger charge is -2.02. The minimum atomic E-state index is -0.238. The first-order chi connectivity index (χ1) is 5.65. The maximum absolute atomic E-state index is 8.41. The van der Waals surface area contributed by atoms with Crippen molar-refractivity contribution in [1.82, 2.24) is 4.98 Å². The molecule has 0 radical (unpaired) electrons. The normalized spacial score (nSPS) is 12.5. The van der Waals surface area contributed by atoms with Gasteiger partial charge >= 0.3 is 0 Å². The first-order valence-electron chi connectivity index (χ1n) is 3.31. The molecule has 1 heterocycles. The maximum Gasteiger partial charge on any atom is 0.0966 e. The van der Waals surface area contributed by atoms with E-state index in [1.165, 1.54) is 0 Å². The summed E-state index contributed by atoms with van der Waals surface area (Å²) in [6, 6.07) is 3.65. The van der Waals surface area contributed by atoms with E-state index in [4.69, 9.17) is 11.0 Å².